The molecule has 2 aromatic rings. The average Bonchev–Trinajstić information content (AvgIpc) is 2.83. The average molecular weight is 273 g/mol. The van der Waals surface area contributed by atoms with Crippen molar-refractivity contribution in [3.63, 3.8) is 0 Å². The highest BCUT2D eigenvalue weighted by Gasteiger charge is 2.04. The van der Waals surface area contributed by atoms with Crippen molar-refractivity contribution in [3.8, 4) is 0 Å². The minimum Gasteiger partial charge on any atom is -0.323 e. The van der Waals surface area contributed by atoms with Crippen LogP contribution in [0.25, 0.3) is 0 Å². The number of hydrogen-bond acceptors (Lipinski definition) is 4. The van der Waals surface area contributed by atoms with E-state index in [1.165, 1.54) is 0 Å². The molecule has 0 bridgehead atoms. The van der Waals surface area contributed by atoms with Gasteiger partial charge >= 0.3 is 0 Å². The Morgan fingerprint density at radius 1 is 1.25 bits per heavy atom. The Kier molecular flexibility index (Phi) is 4.71. The third kappa shape index (κ3) is 4.05. The summed E-state index contributed by atoms with van der Waals surface area (Å²) >= 11 is 0. The van der Waals surface area contributed by atoms with E-state index in [4.69, 9.17) is 0 Å². The molecule has 0 unspecified atom stereocenters. The third-order valence-corrected chi connectivity index (χ3v) is 3.09. The van der Waals surface area contributed by atoms with E-state index in [1.54, 1.807) is 0 Å². The van der Waals surface area contributed by atoms with Crippen molar-refractivity contribution in [1.29, 1.82) is 0 Å². The van der Waals surface area contributed by atoms with Crippen molar-refractivity contribution in [2.24, 2.45) is 5.92 Å². The SMILES string of the molecule is CCc1cc(Nc2ccn(CCC(C)C)n2)nc(C)n1. The first-order chi connectivity index (χ1) is 9.56. The molecule has 0 aliphatic carbocycles. The van der Waals surface area contributed by atoms with Crippen LogP contribution in [0.5, 0.6) is 0 Å². The monoisotopic (exact) mass is 273 g/mol. The van der Waals surface area contributed by atoms with Gasteiger partial charge in [0.1, 0.15) is 11.6 Å². The van der Waals surface area contributed by atoms with Crippen LogP contribution in [-0.2, 0) is 13.0 Å². The van der Waals surface area contributed by atoms with Crippen LogP contribution in [0.15, 0.2) is 18.3 Å². The first-order valence-electron chi connectivity index (χ1n) is 7.22. The summed E-state index contributed by atoms with van der Waals surface area (Å²) in [4.78, 5) is 8.76. The molecule has 0 aliphatic rings. The summed E-state index contributed by atoms with van der Waals surface area (Å²) in [5.74, 6) is 3.11. The maximum Gasteiger partial charge on any atom is 0.153 e. The largest absolute Gasteiger partial charge is 0.323 e. The number of aryl methyl sites for hydroxylation is 3. The van der Waals surface area contributed by atoms with E-state index in [1.807, 2.05) is 29.9 Å². The zero-order chi connectivity index (χ0) is 14.5. The molecule has 0 fully saturated rings. The van der Waals surface area contributed by atoms with Crippen molar-refractivity contribution in [2.45, 2.75) is 47.1 Å². The van der Waals surface area contributed by atoms with Gasteiger partial charge in [-0.15, -0.1) is 0 Å². The zero-order valence-corrected chi connectivity index (χ0v) is 12.7. The normalized spacial score (nSPS) is 11.1. The van der Waals surface area contributed by atoms with E-state index < -0.39 is 0 Å². The minimum atomic E-state index is 0.687. The van der Waals surface area contributed by atoms with Gasteiger partial charge in [0.15, 0.2) is 5.82 Å². The molecule has 2 heterocycles. The summed E-state index contributed by atoms with van der Waals surface area (Å²) in [7, 11) is 0. The molecular weight excluding hydrogens is 250 g/mol. The second-order valence-electron chi connectivity index (χ2n) is 5.42. The first kappa shape index (κ1) is 14.5. The second-order valence-corrected chi connectivity index (χ2v) is 5.42. The van der Waals surface area contributed by atoms with Gasteiger partial charge in [-0.1, -0.05) is 20.8 Å². The van der Waals surface area contributed by atoms with Crippen molar-refractivity contribution in [2.75, 3.05) is 5.32 Å². The summed E-state index contributed by atoms with van der Waals surface area (Å²) in [5.41, 5.74) is 1.04. The fourth-order valence-corrected chi connectivity index (χ4v) is 1.95. The lowest BCUT2D eigenvalue weighted by atomic mass is 10.1. The predicted molar refractivity (Wildman–Crippen MR) is 81.1 cm³/mol. The third-order valence-electron chi connectivity index (χ3n) is 3.09. The lowest BCUT2D eigenvalue weighted by Gasteiger charge is -2.06. The lowest BCUT2D eigenvalue weighted by Crippen LogP contribution is -2.04. The molecule has 0 aliphatic heterocycles. The second kappa shape index (κ2) is 6.50. The van der Waals surface area contributed by atoms with Crippen LogP contribution in [-0.4, -0.2) is 19.7 Å². The first-order valence-corrected chi connectivity index (χ1v) is 7.22. The van der Waals surface area contributed by atoms with E-state index in [-0.39, 0.29) is 0 Å². The summed E-state index contributed by atoms with van der Waals surface area (Å²) in [6, 6.07) is 3.95. The minimum absolute atomic E-state index is 0.687. The van der Waals surface area contributed by atoms with Crippen LogP contribution in [0.4, 0.5) is 11.6 Å². The van der Waals surface area contributed by atoms with E-state index in [9.17, 15) is 0 Å². The molecule has 5 nitrogen and oxygen atoms in total. The molecule has 0 saturated heterocycles. The van der Waals surface area contributed by atoms with Crippen LogP contribution in [0, 0.1) is 12.8 Å². The molecule has 0 aromatic carbocycles. The van der Waals surface area contributed by atoms with E-state index >= 15 is 0 Å². The molecule has 2 aromatic heterocycles. The lowest BCUT2D eigenvalue weighted by molar-refractivity contribution is 0.488. The van der Waals surface area contributed by atoms with Gasteiger partial charge in [0.25, 0.3) is 0 Å². The number of hydrogen-bond donors (Lipinski definition) is 1. The fraction of sp³-hybridized carbons (Fsp3) is 0.533. The molecule has 0 spiro atoms. The molecule has 0 radical (unpaired) electrons. The molecule has 2 rings (SSSR count). The highest BCUT2D eigenvalue weighted by molar-refractivity contribution is 5.51. The number of nitrogens with one attached hydrogen (secondary N) is 1. The van der Waals surface area contributed by atoms with Crippen LogP contribution < -0.4 is 5.32 Å². The topological polar surface area (TPSA) is 55.6 Å². The molecule has 20 heavy (non-hydrogen) atoms. The Morgan fingerprint density at radius 2 is 2.05 bits per heavy atom. The fourth-order valence-electron chi connectivity index (χ4n) is 1.95. The highest BCUT2D eigenvalue weighted by atomic mass is 15.3. The van der Waals surface area contributed by atoms with Crippen molar-refractivity contribution in [1.82, 2.24) is 19.7 Å². The van der Waals surface area contributed by atoms with Crippen LogP contribution in [0.3, 0.4) is 0 Å². The molecule has 1 N–H and O–H groups in total. The van der Waals surface area contributed by atoms with Gasteiger partial charge in [-0.3, -0.25) is 4.68 Å². The summed E-state index contributed by atoms with van der Waals surface area (Å²) in [6.45, 7) is 9.39. The van der Waals surface area contributed by atoms with Gasteiger partial charge in [0, 0.05) is 30.6 Å². The molecule has 0 amide bonds. The highest BCUT2D eigenvalue weighted by Crippen LogP contribution is 2.14. The number of nitrogens with zero attached hydrogens (tertiary/aromatic N) is 4. The quantitative estimate of drug-likeness (QED) is 0.877. The Labute approximate surface area is 120 Å². The van der Waals surface area contributed by atoms with E-state index in [0.717, 1.165) is 42.5 Å². The molecule has 5 heteroatoms. The summed E-state index contributed by atoms with van der Waals surface area (Å²) < 4.78 is 1.97. The Hall–Kier alpha value is -1.91. The number of aromatic nitrogens is 4. The van der Waals surface area contributed by atoms with E-state index in [0.29, 0.717) is 5.92 Å². The molecule has 0 saturated carbocycles. The Balaban J connectivity index is 2.04. The van der Waals surface area contributed by atoms with Gasteiger partial charge in [-0.05, 0) is 25.7 Å². The van der Waals surface area contributed by atoms with Crippen LogP contribution in [0.1, 0.15) is 38.7 Å². The van der Waals surface area contributed by atoms with Crippen molar-refractivity contribution in [3.05, 3.63) is 29.8 Å². The van der Waals surface area contributed by atoms with Crippen LogP contribution >= 0.6 is 0 Å². The zero-order valence-electron chi connectivity index (χ0n) is 12.7. The smallest absolute Gasteiger partial charge is 0.153 e. The maximum absolute atomic E-state index is 4.51. The van der Waals surface area contributed by atoms with Gasteiger partial charge in [-0.2, -0.15) is 5.10 Å². The van der Waals surface area contributed by atoms with Gasteiger partial charge < -0.3 is 5.32 Å². The number of anilines is 2. The Morgan fingerprint density at radius 3 is 2.75 bits per heavy atom. The summed E-state index contributed by atoms with van der Waals surface area (Å²) in [6.07, 6.45) is 4.04. The van der Waals surface area contributed by atoms with Crippen molar-refractivity contribution < 1.29 is 0 Å². The maximum atomic E-state index is 4.51. The van der Waals surface area contributed by atoms with Gasteiger partial charge in [0.05, 0.1) is 0 Å². The predicted octanol–water partition coefficient (Wildman–Crippen LogP) is 3.33. The summed E-state index contributed by atoms with van der Waals surface area (Å²) in [5, 5.41) is 7.75. The molecular formula is C15H23N5. The van der Waals surface area contributed by atoms with E-state index in [2.05, 4.69) is 41.2 Å². The molecule has 0 atom stereocenters. The number of rotatable bonds is 6. The van der Waals surface area contributed by atoms with Gasteiger partial charge in [-0.25, -0.2) is 9.97 Å². The standard InChI is InChI=1S/C15H23N5/c1-5-13-10-15(17-12(4)16-13)18-14-7-9-20(19-14)8-6-11(2)3/h7,9-11H,5-6,8H2,1-4H3,(H,16,17,18,19). The van der Waals surface area contributed by atoms with Crippen molar-refractivity contribution >= 4 is 11.6 Å². The Bertz CT molecular complexity index is 559. The van der Waals surface area contributed by atoms with Crippen LogP contribution in [0.2, 0.25) is 0 Å². The molecule has 108 valence electrons. The van der Waals surface area contributed by atoms with Gasteiger partial charge in [0.2, 0.25) is 0 Å².